The first-order chi connectivity index (χ1) is 11.1. The first kappa shape index (κ1) is 28.1. The number of rotatable bonds is 18. The van der Waals surface area contributed by atoms with Gasteiger partial charge in [0.15, 0.2) is 0 Å². The van der Waals surface area contributed by atoms with E-state index in [1.165, 1.54) is 77.0 Å². The van der Waals surface area contributed by atoms with Crippen LogP contribution in [0.25, 0.3) is 0 Å². The molecule has 0 saturated carbocycles. The van der Waals surface area contributed by atoms with Gasteiger partial charge < -0.3 is 9.05 Å². The van der Waals surface area contributed by atoms with Crippen molar-refractivity contribution in [2.45, 2.75) is 104 Å². The summed E-state index contributed by atoms with van der Waals surface area (Å²) in [6, 6.07) is 0. The molecule has 142 valence electrons. The van der Waals surface area contributed by atoms with Gasteiger partial charge in [-0.05, 0) is 24.6 Å². The minimum atomic E-state index is -2.30. The summed E-state index contributed by atoms with van der Waals surface area (Å²) in [5.74, 6) is 0. The van der Waals surface area contributed by atoms with Crippen LogP contribution in [0.15, 0.2) is 0 Å². The number of hydrogen-bond donors (Lipinski definition) is 1. The molecule has 0 aromatic rings. The van der Waals surface area contributed by atoms with E-state index in [0.29, 0.717) is 13.2 Å². The molecular formula is C18H39CdO2PS2. The van der Waals surface area contributed by atoms with E-state index < -0.39 is 5.69 Å². The number of hydrogen-bond acceptors (Lipinski definition) is 3. The molecule has 0 aliphatic rings. The second-order valence-corrected chi connectivity index (χ2v) is 11.7. The molecule has 24 heavy (non-hydrogen) atoms. The van der Waals surface area contributed by atoms with Crippen molar-refractivity contribution in [2.75, 3.05) is 13.2 Å². The predicted octanol–water partition coefficient (Wildman–Crippen LogP) is 7.67. The fourth-order valence-electron chi connectivity index (χ4n) is 2.52. The average Bonchev–Trinajstić information content (AvgIpc) is 2.52. The maximum Gasteiger partial charge on any atom is 0.244 e. The SMILES string of the molecule is CCCCCCCCCOP(=S)(S)OCCCCCCCCC.[Cd]. The fraction of sp³-hybridized carbons (Fsp3) is 1.00. The van der Waals surface area contributed by atoms with Crippen molar-refractivity contribution in [3.05, 3.63) is 0 Å². The summed E-state index contributed by atoms with van der Waals surface area (Å²) in [6.07, 6.45) is 18.0. The zero-order chi connectivity index (χ0) is 17.2. The third kappa shape index (κ3) is 21.9. The van der Waals surface area contributed by atoms with Crippen LogP contribution in [0.2, 0.25) is 0 Å². The van der Waals surface area contributed by atoms with Crippen LogP contribution in [0.4, 0.5) is 0 Å². The van der Waals surface area contributed by atoms with Crippen LogP contribution in [0.5, 0.6) is 0 Å². The smallest absolute Gasteiger partial charge is 0.244 e. The monoisotopic (exact) mass is 496 g/mol. The summed E-state index contributed by atoms with van der Waals surface area (Å²) in [5.41, 5.74) is -2.30. The van der Waals surface area contributed by atoms with Gasteiger partial charge in [-0.15, -0.1) is 0 Å². The molecule has 0 aliphatic carbocycles. The van der Waals surface area contributed by atoms with Gasteiger partial charge in [-0.3, -0.25) is 0 Å². The minimum absolute atomic E-state index is 0. The molecule has 2 nitrogen and oxygen atoms in total. The maximum absolute atomic E-state index is 5.68. The quantitative estimate of drug-likeness (QED) is 0.0912. The maximum atomic E-state index is 5.68. The van der Waals surface area contributed by atoms with Gasteiger partial charge in [-0.25, -0.2) is 0 Å². The first-order valence-corrected chi connectivity index (χ1v) is 13.5. The van der Waals surface area contributed by atoms with E-state index >= 15 is 0 Å². The summed E-state index contributed by atoms with van der Waals surface area (Å²) in [7, 11) is 0. The summed E-state index contributed by atoms with van der Waals surface area (Å²) < 4.78 is 11.4. The molecule has 0 rings (SSSR count). The Morgan fingerprint density at radius 3 is 1.25 bits per heavy atom. The molecule has 0 spiro atoms. The molecule has 0 fully saturated rings. The van der Waals surface area contributed by atoms with Crippen LogP contribution in [-0.2, 0) is 48.2 Å². The van der Waals surface area contributed by atoms with Gasteiger partial charge in [-0.1, -0.05) is 103 Å². The zero-order valence-electron chi connectivity index (χ0n) is 16.1. The van der Waals surface area contributed by atoms with Crippen molar-refractivity contribution in [3.63, 3.8) is 0 Å². The van der Waals surface area contributed by atoms with E-state index in [-0.39, 0.29) is 27.3 Å². The molecule has 0 radical (unpaired) electrons. The van der Waals surface area contributed by atoms with Crippen LogP contribution in [0, 0.1) is 0 Å². The van der Waals surface area contributed by atoms with Crippen LogP contribution >= 0.6 is 17.9 Å². The summed E-state index contributed by atoms with van der Waals surface area (Å²) in [4.78, 5) is 0. The van der Waals surface area contributed by atoms with Crippen LogP contribution in [0.1, 0.15) is 104 Å². The normalized spacial score (nSPS) is 11.5. The van der Waals surface area contributed by atoms with Crippen molar-refractivity contribution >= 4 is 29.7 Å². The molecule has 0 amide bonds. The molecule has 6 heteroatoms. The van der Waals surface area contributed by atoms with Crippen LogP contribution < -0.4 is 0 Å². The zero-order valence-corrected chi connectivity index (χ0v) is 22.8. The van der Waals surface area contributed by atoms with E-state index in [0.717, 1.165) is 12.8 Å². The molecule has 0 saturated heterocycles. The average molecular weight is 495 g/mol. The molecule has 0 atom stereocenters. The Hall–Kier alpha value is 1.84. The molecule has 0 bridgehead atoms. The minimum Gasteiger partial charge on any atom is -0.322 e. The van der Waals surface area contributed by atoms with Crippen molar-refractivity contribution < 1.29 is 36.3 Å². The predicted molar refractivity (Wildman–Crippen MR) is 111 cm³/mol. The largest absolute Gasteiger partial charge is 0.322 e. The molecule has 0 N–H and O–H groups in total. The van der Waals surface area contributed by atoms with Gasteiger partial charge in [0.25, 0.3) is 0 Å². The van der Waals surface area contributed by atoms with E-state index in [1.807, 2.05) is 0 Å². The Balaban J connectivity index is 0. The first-order valence-electron chi connectivity index (χ1n) is 9.74. The van der Waals surface area contributed by atoms with Gasteiger partial charge in [0.2, 0.25) is 5.69 Å². The Bertz CT molecular complexity index is 270. The Morgan fingerprint density at radius 2 is 0.917 bits per heavy atom. The van der Waals surface area contributed by atoms with Crippen molar-refractivity contribution in [1.29, 1.82) is 0 Å². The fourth-order valence-corrected chi connectivity index (χ4v) is 4.25. The van der Waals surface area contributed by atoms with E-state index in [1.54, 1.807) is 0 Å². The molecular weight excluding hydrogens is 456 g/mol. The van der Waals surface area contributed by atoms with Crippen molar-refractivity contribution in [3.8, 4) is 0 Å². The topological polar surface area (TPSA) is 18.5 Å². The summed E-state index contributed by atoms with van der Waals surface area (Å²) in [5, 5.41) is 0. The Morgan fingerprint density at radius 1 is 0.625 bits per heavy atom. The molecule has 0 aliphatic heterocycles. The third-order valence-electron chi connectivity index (χ3n) is 4.00. The van der Waals surface area contributed by atoms with Gasteiger partial charge in [0.1, 0.15) is 0 Å². The van der Waals surface area contributed by atoms with E-state index in [4.69, 9.17) is 20.9 Å². The number of thiol groups is 1. The Kier molecular flexibility index (Phi) is 24.7. The van der Waals surface area contributed by atoms with Crippen molar-refractivity contribution in [2.24, 2.45) is 0 Å². The second kappa shape index (κ2) is 21.1. The van der Waals surface area contributed by atoms with Crippen LogP contribution in [-0.4, -0.2) is 13.2 Å². The van der Waals surface area contributed by atoms with Crippen LogP contribution in [0.3, 0.4) is 0 Å². The van der Waals surface area contributed by atoms with Gasteiger partial charge >= 0.3 is 0 Å². The third-order valence-corrected chi connectivity index (χ3v) is 6.35. The summed E-state index contributed by atoms with van der Waals surface area (Å²) >= 11 is 9.76. The standard InChI is InChI=1S/C18H39O2PS2.Cd/c1-3-5-7-9-11-13-15-17-19-21(22,23)20-18-16-14-12-10-8-6-4-2;/h3-18H2,1-2H3,(H,22,23);. The molecule has 0 aromatic heterocycles. The van der Waals surface area contributed by atoms with E-state index in [9.17, 15) is 0 Å². The van der Waals surface area contributed by atoms with Gasteiger partial charge in [0.05, 0.1) is 13.2 Å². The van der Waals surface area contributed by atoms with E-state index in [2.05, 4.69) is 26.1 Å². The summed E-state index contributed by atoms with van der Waals surface area (Å²) in [6.45, 7) is 5.90. The Labute approximate surface area is 182 Å². The molecule has 0 aromatic carbocycles. The van der Waals surface area contributed by atoms with Gasteiger partial charge in [0, 0.05) is 27.3 Å². The molecule has 0 unspecified atom stereocenters. The molecule has 0 heterocycles. The number of unbranched alkanes of at least 4 members (excludes halogenated alkanes) is 12. The van der Waals surface area contributed by atoms with Gasteiger partial charge in [-0.2, -0.15) is 0 Å². The van der Waals surface area contributed by atoms with Crippen molar-refractivity contribution in [1.82, 2.24) is 0 Å². The second-order valence-electron chi connectivity index (χ2n) is 6.38.